The smallest absolute Gasteiger partial charge is 0.193 e. The Balaban J connectivity index is 1.99. The summed E-state index contributed by atoms with van der Waals surface area (Å²) in [5.74, 6) is 2.02. The van der Waals surface area contributed by atoms with Gasteiger partial charge in [-0.2, -0.15) is 0 Å². The molecule has 26 heavy (non-hydrogen) atoms. The number of piperazine rings is 1. The Morgan fingerprint density at radius 3 is 2.85 bits per heavy atom. The summed E-state index contributed by atoms with van der Waals surface area (Å²) in [7, 11) is 4.26. The average molecular weight is 359 g/mol. The number of likely N-dealkylation sites (N-methyl/N-ethyl adjacent to an activating group) is 1. The molecule has 0 aromatic carbocycles. The lowest BCUT2D eigenvalue weighted by atomic mass is 10.2. The van der Waals surface area contributed by atoms with Crippen molar-refractivity contribution in [3.8, 4) is 0 Å². The predicted molar refractivity (Wildman–Crippen MR) is 111 cm³/mol. The maximum atomic E-state index is 4.81. The standard InChI is InChI=1S/C20H34N6/c1-5-7-8-11-25(4)20(21-6-2)23-17-18-9-10-22-19(16-18)26-14-12-24(3)13-15-26/h5,9-10,16H,1,6-8,11-15,17H2,2-4H3,(H,21,23). The van der Waals surface area contributed by atoms with Crippen molar-refractivity contribution in [3.05, 3.63) is 36.5 Å². The fraction of sp³-hybridized carbons (Fsp3) is 0.600. The minimum Gasteiger partial charge on any atom is -0.357 e. The van der Waals surface area contributed by atoms with Gasteiger partial charge >= 0.3 is 0 Å². The number of allylic oxidation sites excluding steroid dienone is 1. The summed E-state index contributed by atoms with van der Waals surface area (Å²) in [6.07, 6.45) is 5.99. The Morgan fingerprint density at radius 2 is 2.15 bits per heavy atom. The van der Waals surface area contributed by atoms with Gasteiger partial charge in [-0.15, -0.1) is 6.58 Å². The Labute approximate surface area is 158 Å². The van der Waals surface area contributed by atoms with E-state index in [0.717, 1.165) is 63.9 Å². The molecular weight excluding hydrogens is 324 g/mol. The number of guanidine groups is 1. The van der Waals surface area contributed by atoms with Crippen LogP contribution in [-0.4, -0.2) is 74.1 Å². The van der Waals surface area contributed by atoms with Crippen LogP contribution >= 0.6 is 0 Å². The lowest BCUT2D eigenvalue weighted by molar-refractivity contribution is 0.312. The second kappa shape index (κ2) is 10.8. The molecule has 2 rings (SSSR count). The third-order valence-electron chi connectivity index (χ3n) is 4.65. The SMILES string of the molecule is C=CCCCN(C)C(=NCc1ccnc(N2CCN(C)CC2)c1)NCC. The molecule has 0 bridgehead atoms. The van der Waals surface area contributed by atoms with Crippen LogP contribution in [0.3, 0.4) is 0 Å². The number of hydrogen-bond acceptors (Lipinski definition) is 4. The largest absolute Gasteiger partial charge is 0.357 e. The van der Waals surface area contributed by atoms with E-state index in [-0.39, 0.29) is 0 Å². The van der Waals surface area contributed by atoms with Gasteiger partial charge in [0.1, 0.15) is 5.82 Å². The van der Waals surface area contributed by atoms with Gasteiger partial charge in [0.15, 0.2) is 5.96 Å². The van der Waals surface area contributed by atoms with Crippen molar-refractivity contribution in [3.63, 3.8) is 0 Å². The monoisotopic (exact) mass is 358 g/mol. The summed E-state index contributed by atoms with van der Waals surface area (Å²) in [6.45, 7) is 12.6. The van der Waals surface area contributed by atoms with Crippen LogP contribution in [0.25, 0.3) is 0 Å². The van der Waals surface area contributed by atoms with Gasteiger partial charge in [-0.25, -0.2) is 9.98 Å². The first-order chi connectivity index (χ1) is 12.6. The second-order valence-corrected chi connectivity index (χ2v) is 6.84. The number of aromatic nitrogens is 1. The molecule has 0 radical (unpaired) electrons. The number of aliphatic imine (C=N–C) groups is 1. The van der Waals surface area contributed by atoms with Crippen molar-refractivity contribution in [1.29, 1.82) is 0 Å². The zero-order valence-electron chi connectivity index (χ0n) is 16.6. The molecular formula is C20H34N6. The molecule has 1 N–H and O–H groups in total. The van der Waals surface area contributed by atoms with E-state index >= 15 is 0 Å². The molecule has 0 amide bonds. The number of hydrogen-bond donors (Lipinski definition) is 1. The third-order valence-corrected chi connectivity index (χ3v) is 4.65. The minimum absolute atomic E-state index is 0.664. The number of nitrogens with zero attached hydrogens (tertiary/aromatic N) is 5. The highest BCUT2D eigenvalue weighted by Crippen LogP contribution is 2.15. The van der Waals surface area contributed by atoms with Crippen molar-refractivity contribution in [2.45, 2.75) is 26.3 Å². The summed E-state index contributed by atoms with van der Waals surface area (Å²) >= 11 is 0. The Kier molecular flexibility index (Phi) is 8.41. The molecule has 0 atom stereocenters. The minimum atomic E-state index is 0.664. The van der Waals surface area contributed by atoms with E-state index in [1.165, 1.54) is 5.56 Å². The molecule has 6 heteroatoms. The maximum absolute atomic E-state index is 4.81. The Bertz CT molecular complexity index is 577. The topological polar surface area (TPSA) is 47.0 Å². The molecule has 0 aliphatic carbocycles. The fourth-order valence-electron chi connectivity index (χ4n) is 2.98. The normalized spacial score (nSPS) is 15.8. The van der Waals surface area contributed by atoms with Gasteiger partial charge in [-0.1, -0.05) is 6.08 Å². The highest BCUT2D eigenvalue weighted by atomic mass is 15.3. The summed E-state index contributed by atoms with van der Waals surface area (Å²) in [6, 6.07) is 4.24. The Hall–Kier alpha value is -2.08. The van der Waals surface area contributed by atoms with E-state index in [4.69, 9.17) is 4.99 Å². The summed E-state index contributed by atoms with van der Waals surface area (Å²) in [4.78, 5) is 16.3. The van der Waals surface area contributed by atoms with Crippen LogP contribution in [0.1, 0.15) is 25.3 Å². The molecule has 1 fully saturated rings. The van der Waals surface area contributed by atoms with Crippen LogP contribution < -0.4 is 10.2 Å². The van der Waals surface area contributed by atoms with E-state index in [0.29, 0.717) is 6.54 Å². The van der Waals surface area contributed by atoms with Crippen molar-refractivity contribution < 1.29 is 0 Å². The molecule has 1 saturated heterocycles. The number of nitrogens with one attached hydrogen (secondary N) is 1. The lowest BCUT2D eigenvalue weighted by Crippen LogP contribution is -2.44. The van der Waals surface area contributed by atoms with Gasteiger partial charge in [0.2, 0.25) is 0 Å². The molecule has 0 saturated carbocycles. The molecule has 1 aromatic heterocycles. The highest BCUT2D eigenvalue weighted by Gasteiger charge is 2.15. The molecule has 1 aliphatic rings. The van der Waals surface area contributed by atoms with Gasteiger partial charge in [-0.05, 0) is 44.5 Å². The van der Waals surface area contributed by atoms with Crippen LogP contribution in [0.15, 0.2) is 36.0 Å². The van der Waals surface area contributed by atoms with Crippen molar-refractivity contribution >= 4 is 11.8 Å². The molecule has 1 aliphatic heterocycles. The van der Waals surface area contributed by atoms with E-state index in [2.05, 4.69) is 64.7 Å². The van der Waals surface area contributed by atoms with Crippen LogP contribution in [-0.2, 0) is 6.54 Å². The van der Waals surface area contributed by atoms with E-state index in [1.807, 2.05) is 12.3 Å². The quantitative estimate of drug-likeness (QED) is 0.334. The van der Waals surface area contributed by atoms with Gasteiger partial charge in [0.05, 0.1) is 6.54 Å². The fourth-order valence-corrected chi connectivity index (χ4v) is 2.98. The molecule has 0 unspecified atom stereocenters. The number of anilines is 1. The van der Waals surface area contributed by atoms with Gasteiger partial charge < -0.3 is 20.0 Å². The second-order valence-electron chi connectivity index (χ2n) is 6.84. The number of pyridine rings is 1. The first-order valence-electron chi connectivity index (χ1n) is 9.62. The van der Waals surface area contributed by atoms with Crippen LogP contribution in [0.2, 0.25) is 0 Å². The van der Waals surface area contributed by atoms with Crippen LogP contribution in [0.5, 0.6) is 0 Å². The zero-order valence-corrected chi connectivity index (χ0v) is 16.6. The van der Waals surface area contributed by atoms with Gasteiger partial charge in [0, 0.05) is 52.5 Å². The number of rotatable bonds is 8. The van der Waals surface area contributed by atoms with Gasteiger partial charge in [0.25, 0.3) is 0 Å². The summed E-state index contributed by atoms with van der Waals surface area (Å²) < 4.78 is 0. The third kappa shape index (κ3) is 6.33. The van der Waals surface area contributed by atoms with E-state index in [1.54, 1.807) is 0 Å². The maximum Gasteiger partial charge on any atom is 0.193 e. The van der Waals surface area contributed by atoms with Crippen LogP contribution in [0.4, 0.5) is 5.82 Å². The van der Waals surface area contributed by atoms with E-state index < -0.39 is 0 Å². The van der Waals surface area contributed by atoms with Crippen molar-refractivity contribution in [2.75, 3.05) is 58.3 Å². The molecule has 2 heterocycles. The predicted octanol–water partition coefficient (Wildman–Crippen LogP) is 2.20. The van der Waals surface area contributed by atoms with E-state index in [9.17, 15) is 0 Å². The first kappa shape index (κ1) is 20.2. The average Bonchev–Trinajstić information content (AvgIpc) is 2.66. The Morgan fingerprint density at radius 1 is 1.38 bits per heavy atom. The first-order valence-corrected chi connectivity index (χ1v) is 9.62. The van der Waals surface area contributed by atoms with Crippen molar-refractivity contribution in [1.82, 2.24) is 20.1 Å². The molecule has 0 spiro atoms. The molecule has 144 valence electrons. The lowest BCUT2D eigenvalue weighted by Gasteiger charge is -2.33. The molecule has 6 nitrogen and oxygen atoms in total. The van der Waals surface area contributed by atoms with Crippen molar-refractivity contribution in [2.24, 2.45) is 4.99 Å². The summed E-state index contributed by atoms with van der Waals surface area (Å²) in [5.41, 5.74) is 1.20. The molecule has 1 aromatic rings. The number of unbranched alkanes of at least 4 members (excludes halogenated alkanes) is 1. The van der Waals surface area contributed by atoms with Gasteiger partial charge in [-0.3, -0.25) is 0 Å². The zero-order chi connectivity index (χ0) is 18.8. The highest BCUT2D eigenvalue weighted by molar-refractivity contribution is 5.79. The van der Waals surface area contributed by atoms with Crippen LogP contribution in [0, 0.1) is 0 Å². The summed E-state index contributed by atoms with van der Waals surface area (Å²) in [5, 5.41) is 3.38.